The highest BCUT2D eigenvalue weighted by atomic mass is 35.5. The summed E-state index contributed by atoms with van der Waals surface area (Å²) >= 11 is 5.88. The number of nitrogens with two attached hydrogens (primary N) is 2. The van der Waals surface area contributed by atoms with Gasteiger partial charge in [-0.25, -0.2) is 0 Å². The number of methoxy groups -OCH3 is 1. The van der Waals surface area contributed by atoms with Gasteiger partial charge in [0.1, 0.15) is 5.75 Å². The summed E-state index contributed by atoms with van der Waals surface area (Å²) in [5.41, 5.74) is 11.8. The Bertz CT molecular complexity index is 382. The Morgan fingerprint density at radius 1 is 1.56 bits per heavy atom. The third-order valence-electron chi connectivity index (χ3n) is 2.29. The van der Waals surface area contributed by atoms with Gasteiger partial charge in [-0.3, -0.25) is 4.79 Å². The average Bonchev–Trinajstić information content (AvgIpc) is 2.25. The second kappa shape index (κ2) is 5.72. The van der Waals surface area contributed by atoms with E-state index in [1.165, 1.54) is 0 Å². The molecule has 1 aromatic carbocycles. The molecule has 16 heavy (non-hydrogen) atoms. The zero-order chi connectivity index (χ0) is 12.1. The van der Waals surface area contributed by atoms with Crippen LogP contribution in [-0.4, -0.2) is 13.0 Å². The van der Waals surface area contributed by atoms with Crippen LogP contribution in [-0.2, 0) is 4.79 Å². The van der Waals surface area contributed by atoms with Crippen molar-refractivity contribution in [2.75, 3.05) is 7.11 Å². The van der Waals surface area contributed by atoms with E-state index < -0.39 is 0 Å². The van der Waals surface area contributed by atoms with Crippen molar-refractivity contribution in [1.82, 2.24) is 0 Å². The van der Waals surface area contributed by atoms with Gasteiger partial charge in [-0.15, -0.1) is 0 Å². The highest BCUT2D eigenvalue weighted by Crippen LogP contribution is 2.29. The largest absolute Gasteiger partial charge is 0.496 e. The molecular formula is C11H15ClN2O2. The van der Waals surface area contributed by atoms with E-state index >= 15 is 0 Å². The van der Waals surface area contributed by atoms with Crippen molar-refractivity contribution in [3.8, 4) is 5.75 Å². The number of benzene rings is 1. The maximum Gasteiger partial charge on any atom is 0.217 e. The molecule has 1 amide bonds. The molecule has 0 saturated carbocycles. The number of amides is 1. The molecule has 0 radical (unpaired) electrons. The van der Waals surface area contributed by atoms with Crippen LogP contribution in [0.4, 0.5) is 0 Å². The van der Waals surface area contributed by atoms with Crippen molar-refractivity contribution in [2.45, 2.75) is 18.9 Å². The summed E-state index contributed by atoms with van der Waals surface area (Å²) in [5, 5.41) is 0.588. The van der Waals surface area contributed by atoms with Crippen molar-refractivity contribution in [3.05, 3.63) is 28.8 Å². The highest BCUT2D eigenvalue weighted by Gasteiger charge is 2.13. The van der Waals surface area contributed by atoms with Crippen molar-refractivity contribution in [1.29, 1.82) is 0 Å². The van der Waals surface area contributed by atoms with E-state index in [-0.39, 0.29) is 18.4 Å². The van der Waals surface area contributed by atoms with Crippen LogP contribution < -0.4 is 16.2 Å². The normalized spacial score (nSPS) is 12.2. The van der Waals surface area contributed by atoms with Crippen molar-refractivity contribution < 1.29 is 9.53 Å². The lowest BCUT2D eigenvalue weighted by Crippen LogP contribution is -2.17. The first kappa shape index (κ1) is 12.8. The van der Waals surface area contributed by atoms with Gasteiger partial charge in [0.25, 0.3) is 0 Å². The second-order valence-electron chi connectivity index (χ2n) is 3.50. The van der Waals surface area contributed by atoms with Crippen LogP contribution in [0.1, 0.15) is 24.4 Å². The SMILES string of the molecule is COc1ccc(Cl)cc1C(N)CCC(N)=O. The summed E-state index contributed by atoms with van der Waals surface area (Å²) in [5.74, 6) is 0.304. The lowest BCUT2D eigenvalue weighted by atomic mass is 10.0. The summed E-state index contributed by atoms with van der Waals surface area (Å²) in [7, 11) is 1.56. The van der Waals surface area contributed by atoms with Crippen LogP contribution in [0.25, 0.3) is 0 Å². The van der Waals surface area contributed by atoms with Crippen LogP contribution in [0.15, 0.2) is 18.2 Å². The molecule has 0 heterocycles. The Balaban J connectivity index is 2.84. The molecule has 0 spiro atoms. The molecule has 5 heteroatoms. The van der Waals surface area contributed by atoms with Gasteiger partial charge in [0, 0.05) is 23.0 Å². The zero-order valence-corrected chi connectivity index (χ0v) is 9.83. The number of rotatable bonds is 5. The van der Waals surface area contributed by atoms with Gasteiger partial charge in [-0.05, 0) is 24.6 Å². The third-order valence-corrected chi connectivity index (χ3v) is 2.53. The van der Waals surface area contributed by atoms with E-state index in [1.807, 2.05) is 0 Å². The van der Waals surface area contributed by atoms with Crippen LogP contribution in [0.5, 0.6) is 5.75 Å². The molecular weight excluding hydrogens is 228 g/mol. The van der Waals surface area contributed by atoms with E-state index in [0.717, 1.165) is 5.56 Å². The smallest absolute Gasteiger partial charge is 0.217 e. The van der Waals surface area contributed by atoms with Gasteiger partial charge >= 0.3 is 0 Å². The van der Waals surface area contributed by atoms with Gasteiger partial charge in [0.2, 0.25) is 5.91 Å². The van der Waals surface area contributed by atoms with Crippen molar-refractivity contribution in [3.63, 3.8) is 0 Å². The Kier molecular flexibility index (Phi) is 4.58. The summed E-state index contributed by atoms with van der Waals surface area (Å²) in [6.07, 6.45) is 0.725. The second-order valence-corrected chi connectivity index (χ2v) is 3.93. The molecule has 1 rings (SSSR count). The van der Waals surface area contributed by atoms with Gasteiger partial charge in [0.05, 0.1) is 7.11 Å². The van der Waals surface area contributed by atoms with E-state index in [0.29, 0.717) is 17.2 Å². The zero-order valence-electron chi connectivity index (χ0n) is 9.07. The van der Waals surface area contributed by atoms with Crippen molar-refractivity contribution in [2.24, 2.45) is 11.5 Å². The number of carbonyl (C=O) groups excluding carboxylic acids is 1. The quantitative estimate of drug-likeness (QED) is 0.824. The molecule has 1 aromatic rings. The maximum absolute atomic E-state index is 10.7. The molecule has 0 fully saturated rings. The first-order valence-corrected chi connectivity index (χ1v) is 5.29. The van der Waals surface area contributed by atoms with Gasteiger partial charge in [-0.1, -0.05) is 11.6 Å². The molecule has 4 N–H and O–H groups in total. The molecule has 0 saturated heterocycles. The first-order chi connectivity index (χ1) is 7.54. The maximum atomic E-state index is 10.7. The third kappa shape index (κ3) is 3.40. The Morgan fingerprint density at radius 2 is 2.25 bits per heavy atom. The lowest BCUT2D eigenvalue weighted by Gasteiger charge is -2.15. The monoisotopic (exact) mass is 242 g/mol. The standard InChI is InChI=1S/C11H15ClN2O2/c1-16-10-4-2-7(12)6-8(10)9(13)3-5-11(14)15/h2,4,6,9H,3,5,13H2,1H3,(H2,14,15). The fraction of sp³-hybridized carbons (Fsp3) is 0.364. The molecule has 1 unspecified atom stereocenters. The molecule has 88 valence electrons. The number of carbonyl (C=O) groups is 1. The van der Waals surface area contributed by atoms with Gasteiger partial charge < -0.3 is 16.2 Å². The summed E-state index contributed by atoms with van der Waals surface area (Å²) < 4.78 is 5.17. The van der Waals surface area contributed by atoms with Crippen LogP contribution in [0.2, 0.25) is 5.02 Å². The topological polar surface area (TPSA) is 78.3 Å². The van der Waals surface area contributed by atoms with E-state index in [2.05, 4.69) is 0 Å². The fourth-order valence-corrected chi connectivity index (χ4v) is 1.63. The molecule has 1 atom stereocenters. The first-order valence-electron chi connectivity index (χ1n) is 4.92. The Morgan fingerprint density at radius 3 is 2.81 bits per heavy atom. The number of hydrogen-bond donors (Lipinski definition) is 2. The molecule has 0 aliphatic rings. The van der Waals surface area contributed by atoms with E-state index in [1.54, 1.807) is 25.3 Å². The molecule has 0 aromatic heterocycles. The Hall–Kier alpha value is -1.26. The summed E-state index contributed by atoms with van der Waals surface area (Å²) in [4.78, 5) is 10.7. The lowest BCUT2D eigenvalue weighted by molar-refractivity contribution is -0.118. The number of primary amides is 1. The van der Waals surface area contributed by atoms with E-state index in [4.69, 9.17) is 27.8 Å². The molecule has 0 aliphatic carbocycles. The van der Waals surface area contributed by atoms with Crippen molar-refractivity contribution >= 4 is 17.5 Å². The highest BCUT2D eigenvalue weighted by molar-refractivity contribution is 6.30. The van der Waals surface area contributed by atoms with Crippen LogP contribution in [0, 0.1) is 0 Å². The van der Waals surface area contributed by atoms with Crippen LogP contribution in [0.3, 0.4) is 0 Å². The summed E-state index contributed by atoms with van der Waals surface area (Å²) in [6.45, 7) is 0. The summed E-state index contributed by atoms with van der Waals surface area (Å²) in [6, 6.07) is 4.92. The van der Waals surface area contributed by atoms with Crippen LogP contribution >= 0.6 is 11.6 Å². The van der Waals surface area contributed by atoms with Gasteiger partial charge in [0.15, 0.2) is 0 Å². The predicted molar refractivity (Wildman–Crippen MR) is 63.4 cm³/mol. The number of ether oxygens (including phenoxy) is 1. The van der Waals surface area contributed by atoms with Gasteiger partial charge in [-0.2, -0.15) is 0 Å². The Labute approximate surface area is 99.5 Å². The minimum Gasteiger partial charge on any atom is -0.496 e. The minimum absolute atomic E-state index is 0.247. The molecule has 0 bridgehead atoms. The van der Waals surface area contributed by atoms with E-state index in [9.17, 15) is 4.79 Å². The average molecular weight is 243 g/mol. The molecule has 4 nitrogen and oxygen atoms in total. The minimum atomic E-state index is -0.364. The number of hydrogen-bond acceptors (Lipinski definition) is 3. The predicted octanol–water partition coefficient (Wildman–Crippen LogP) is 1.61. The fourth-order valence-electron chi connectivity index (χ4n) is 1.45. The number of halogens is 1. The molecule has 0 aliphatic heterocycles.